The normalized spacial score (nSPS) is 10.4. The molecule has 0 atom stereocenters. The van der Waals surface area contributed by atoms with Crippen molar-refractivity contribution in [1.82, 2.24) is 9.97 Å². The molecule has 2 N–H and O–H groups in total. The topological polar surface area (TPSA) is 55.0 Å². The molecule has 2 rings (SSSR count). The highest BCUT2D eigenvalue weighted by Crippen LogP contribution is 2.27. The van der Waals surface area contributed by atoms with Crippen molar-refractivity contribution in [3.05, 3.63) is 46.2 Å². The van der Waals surface area contributed by atoms with Crippen LogP contribution in [-0.4, -0.2) is 17.0 Å². The minimum Gasteiger partial charge on any atom is -0.383 e. The molecule has 1 heterocycles. The van der Waals surface area contributed by atoms with Crippen LogP contribution in [0.2, 0.25) is 0 Å². The third-order valence-electron chi connectivity index (χ3n) is 2.83. The Morgan fingerprint density at radius 1 is 1.28 bits per heavy atom. The molecule has 0 aliphatic rings. The van der Waals surface area contributed by atoms with Crippen LogP contribution in [0.25, 0.3) is 0 Å². The number of aromatic nitrogens is 2. The third kappa shape index (κ3) is 2.61. The molecule has 2 aromatic rings. The zero-order valence-corrected chi connectivity index (χ0v) is 12.0. The monoisotopic (exact) mass is 306 g/mol. The molecule has 0 bridgehead atoms. The number of aryl methyl sites for hydroxylation is 1. The summed E-state index contributed by atoms with van der Waals surface area (Å²) in [6.07, 6.45) is 1.48. The second kappa shape index (κ2) is 5.35. The van der Waals surface area contributed by atoms with E-state index in [1.54, 1.807) is 0 Å². The van der Waals surface area contributed by atoms with Crippen molar-refractivity contribution in [1.29, 1.82) is 0 Å². The number of nitrogen functional groups attached to an aromatic ring is 1. The quantitative estimate of drug-likeness (QED) is 0.947. The zero-order chi connectivity index (χ0) is 13.1. The summed E-state index contributed by atoms with van der Waals surface area (Å²) in [4.78, 5) is 10.2. The van der Waals surface area contributed by atoms with E-state index in [0.717, 1.165) is 16.8 Å². The maximum Gasteiger partial charge on any atom is 0.148 e. The average Bonchev–Trinajstić information content (AvgIpc) is 2.35. The SMILES string of the molecule is Cc1ccccc1CN(C)c1ncnc(N)c1Br. The van der Waals surface area contributed by atoms with Gasteiger partial charge in [-0.15, -0.1) is 0 Å². The van der Waals surface area contributed by atoms with Gasteiger partial charge in [-0.2, -0.15) is 0 Å². The molecule has 4 nitrogen and oxygen atoms in total. The van der Waals surface area contributed by atoms with Gasteiger partial charge in [-0.25, -0.2) is 9.97 Å². The fourth-order valence-electron chi connectivity index (χ4n) is 1.76. The van der Waals surface area contributed by atoms with Gasteiger partial charge < -0.3 is 10.6 Å². The number of rotatable bonds is 3. The van der Waals surface area contributed by atoms with Crippen LogP contribution in [0.1, 0.15) is 11.1 Å². The lowest BCUT2D eigenvalue weighted by Crippen LogP contribution is -2.19. The standard InChI is InChI=1S/C13H15BrN4/c1-9-5-3-4-6-10(9)7-18(2)13-11(14)12(15)16-8-17-13/h3-6,8H,7H2,1-2H3,(H2,15,16,17). The minimum atomic E-state index is 0.455. The van der Waals surface area contributed by atoms with Crippen molar-refractivity contribution in [2.75, 3.05) is 17.7 Å². The first-order chi connectivity index (χ1) is 8.59. The maximum atomic E-state index is 5.76. The second-order valence-electron chi connectivity index (χ2n) is 4.18. The number of nitrogens with zero attached hydrogens (tertiary/aromatic N) is 3. The number of anilines is 2. The van der Waals surface area contributed by atoms with Crippen LogP contribution < -0.4 is 10.6 Å². The van der Waals surface area contributed by atoms with Gasteiger partial charge in [-0.1, -0.05) is 24.3 Å². The Labute approximate surface area is 115 Å². The summed E-state index contributed by atoms with van der Waals surface area (Å²) in [5.74, 6) is 1.25. The smallest absolute Gasteiger partial charge is 0.148 e. The van der Waals surface area contributed by atoms with Gasteiger partial charge in [-0.05, 0) is 34.0 Å². The Hall–Kier alpha value is -1.62. The number of hydrogen-bond donors (Lipinski definition) is 1. The van der Waals surface area contributed by atoms with E-state index in [9.17, 15) is 0 Å². The molecule has 0 aliphatic heterocycles. The molecule has 0 saturated carbocycles. The molecule has 0 radical (unpaired) electrons. The summed E-state index contributed by atoms with van der Waals surface area (Å²) in [5.41, 5.74) is 8.29. The summed E-state index contributed by atoms with van der Waals surface area (Å²) in [5, 5.41) is 0. The summed E-state index contributed by atoms with van der Waals surface area (Å²) >= 11 is 3.42. The van der Waals surface area contributed by atoms with Gasteiger partial charge in [-0.3, -0.25) is 0 Å². The Bertz CT molecular complexity index is 556. The lowest BCUT2D eigenvalue weighted by atomic mass is 10.1. The van der Waals surface area contributed by atoms with E-state index in [4.69, 9.17) is 5.73 Å². The molecule has 0 fully saturated rings. The van der Waals surface area contributed by atoms with Gasteiger partial charge in [0.05, 0.1) is 0 Å². The average molecular weight is 307 g/mol. The first-order valence-corrected chi connectivity index (χ1v) is 6.40. The van der Waals surface area contributed by atoms with Gasteiger partial charge in [0, 0.05) is 13.6 Å². The van der Waals surface area contributed by atoms with E-state index in [1.807, 2.05) is 24.1 Å². The summed E-state index contributed by atoms with van der Waals surface area (Å²) in [6.45, 7) is 2.88. The molecule has 1 aromatic carbocycles. The van der Waals surface area contributed by atoms with Crippen LogP contribution in [0.3, 0.4) is 0 Å². The molecule has 0 saturated heterocycles. The van der Waals surface area contributed by atoms with Crippen LogP contribution in [0, 0.1) is 6.92 Å². The van der Waals surface area contributed by atoms with Crippen molar-refractivity contribution in [3.8, 4) is 0 Å². The molecule has 0 aliphatic carbocycles. The Morgan fingerprint density at radius 3 is 2.72 bits per heavy atom. The lowest BCUT2D eigenvalue weighted by molar-refractivity contribution is 0.881. The van der Waals surface area contributed by atoms with E-state index in [2.05, 4.69) is 45.0 Å². The van der Waals surface area contributed by atoms with Crippen LogP contribution in [0.5, 0.6) is 0 Å². The first kappa shape index (κ1) is 12.8. The van der Waals surface area contributed by atoms with Gasteiger partial charge >= 0.3 is 0 Å². The third-order valence-corrected chi connectivity index (χ3v) is 3.59. The van der Waals surface area contributed by atoms with Crippen LogP contribution in [0.4, 0.5) is 11.6 Å². The predicted octanol–water partition coefficient (Wildman–Crippen LogP) is 2.77. The lowest BCUT2D eigenvalue weighted by Gasteiger charge is -2.20. The highest BCUT2D eigenvalue weighted by molar-refractivity contribution is 9.10. The molecule has 94 valence electrons. The molecule has 0 spiro atoms. The number of halogens is 1. The Morgan fingerprint density at radius 2 is 2.00 bits per heavy atom. The highest BCUT2D eigenvalue weighted by atomic mass is 79.9. The van der Waals surface area contributed by atoms with E-state index < -0.39 is 0 Å². The van der Waals surface area contributed by atoms with Crippen molar-refractivity contribution >= 4 is 27.6 Å². The maximum absolute atomic E-state index is 5.76. The zero-order valence-electron chi connectivity index (χ0n) is 10.4. The molecule has 0 unspecified atom stereocenters. The van der Waals surface area contributed by atoms with Crippen molar-refractivity contribution < 1.29 is 0 Å². The van der Waals surface area contributed by atoms with E-state index in [0.29, 0.717) is 5.82 Å². The largest absolute Gasteiger partial charge is 0.383 e. The minimum absolute atomic E-state index is 0.455. The molecule has 18 heavy (non-hydrogen) atoms. The summed E-state index contributed by atoms with van der Waals surface area (Å²) in [6, 6.07) is 8.30. The summed E-state index contributed by atoms with van der Waals surface area (Å²) < 4.78 is 0.737. The summed E-state index contributed by atoms with van der Waals surface area (Å²) in [7, 11) is 1.99. The Kier molecular flexibility index (Phi) is 3.81. The van der Waals surface area contributed by atoms with Crippen molar-refractivity contribution in [2.24, 2.45) is 0 Å². The van der Waals surface area contributed by atoms with Crippen molar-refractivity contribution in [2.45, 2.75) is 13.5 Å². The van der Waals surface area contributed by atoms with E-state index in [1.165, 1.54) is 17.5 Å². The first-order valence-electron chi connectivity index (χ1n) is 5.61. The van der Waals surface area contributed by atoms with Gasteiger partial charge in [0.2, 0.25) is 0 Å². The fourth-order valence-corrected chi connectivity index (χ4v) is 2.27. The Balaban J connectivity index is 2.25. The van der Waals surface area contributed by atoms with Crippen LogP contribution in [0.15, 0.2) is 35.1 Å². The predicted molar refractivity (Wildman–Crippen MR) is 77.4 cm³/mol. The molecule has 1 aromatic heterocycles. The van der Waals surface area contributed by atoms with Gasteiger partial charge in [0.25, 0.3) is 0 Å². The van der Waals surface area contributed by atoms with Gasteiger partial charge in [0.1, 0.15) is 22.4 Å². The van der Waals surface area contributed by atoms with E-state index >= 15 is 0 Å². The molecular weight excluding hydrogens is 292 g/mol. The van der Waals surface area contributed by atoms with Crippen LogP contribution in [-0.2, 0) is 6.54 Å². The molecular formula is C13H15BrN4. The molecule has 5 heteroatoms. The van der Waals surface area contributed by atoms with Crippen molar-refractivity contribution in [3.63, 3.8) is 0 Å². The highest BCUT2D eigenvalue weighted by Gasteiger charge is 2.11. The number of nitrogens with two attached hydrogens (primary N) is 1. The van der Waals surface area contributed by atoms with Gasteiger partial charge in [0.15, 0.2) is 0 Å². The molecule has 0 amide bonds. The number of benzene rings is 1. The van der Waals surface area contributed by atoms with Crippen LogP contribution >= 0.6 is 15.9 Å². The van der Waals surface area contributed by atoms with E-state index in [-0.39, 0.29) is 0 Å². The fraction of sp³-hybridized carbons (Fsp3) is 0.231. The number of hydrogen-bond acceptors (Lipinski definition) is 4. The second-order valence-corrected chi connectivity index (χ2v) is 4.97.